The second-order valence-corrected chi connectivity index (χ2v) is 9.23. The van der Waals surface area contributed by atoms with Crippen molar-refractivity contribution in [2.45, 2.75) is 36.6 Å². The van der Waals surface area contributed by atoms with Gasteiger partial charge in [-0.3, -0.25) is 9.59 Å². The molecule has 1 saturated carbocycles. The molecule has 0 atom stereocenters. The number of rotatable bonds is 6. The molecule has 0 aromatic heterocycles. The molecule has 0 spiro atoms. The lowest BCUT2D eigenvalue weighted by Gasteiger charge is -2.15. The van der Waals surface area contributed by atoms with Gasteiger partial charge >= 0.3 is 0 Å². The Morgan fingerprint density at radius 3 is 2.31 bits per heavy atom. The van der Waals surface area contributed by atoms with E-state index in [4.69, 9.17) is 28.9 Å². The average molecular weight is 456 g/mol. The number of benzene rings is 2. The van der Waals surface area contributed by atoms with Crippen LogP contribution in [0.3, 0.4) is 0 Å². The van der Waals surface area contributed by atoms with E-state index < -0.39 is 21.8 Å². The maximum atomic E-state index is 12.8. The number of sulfonamides is 1. The number of primary amides is 1. The first-order valence-electron chi connectivity index (χ1n) is 8.90. The molecule has 2 aromatic carbocycles. The van der Waals surface area contributed by atoms with E-state index in [1.165, 1.54) is 18.2 Å². The van der Waals surface area contributed by atoms with Crippen LogP contribution in [0.15, 0.2) is 41.3 Å². The van der Waals surface area contributed by atoms with Crippen LogP contribution in [0.2, 0.25) is 10.0 Å². The van der Waals surface area contributed by atoms with Crippen molar-refractivity contribution >= 4 is 50.7 Å². The highest BCUT2D eigenvalue weighted by atomic mass is 35.5. The molecule has 0 unspecified atom stereocenters. The van der Waals surface area contributed by atoms with Crippen LogP contribution < -0.4 is 15.8 Å². The van der Waals surface area contributed by atoms with Gasteiger partial charge in [-0.15, -0.1) is 0 Å². The van der Waals surface area contributed by atoms with Gasteiger partial charge in [-0.25, -0.2) is 13.1 Å². The van der Waals surface area contributed by atoms with Crippen LogP contribution in [-0.2, 0) is 10.0 Å². The summed E-state index contributed by atoms with van der Waals surface area (Å²) in [4.78, 5) is 24.0. The molecular weight excluding hydrogens is 437 g/mol. The normalized spacial score (nSPS) is 14.7. The zero-order valence-electron chi connectivity index (χ0n) is 15.2. The van der Waals surface area contributed by atoms with Crippen LogP contribution in [0.1, 0.15) is 46.4 Å². The van der Waals surface area contributed by atoms with Gasteiger partial charge in [0, 0.05) is 6.04 Å². The Kier molecular flexibility index (Phi) is 6.48. The summed E-state index contributed by atoms with van der Waals surface area (Å²) in [6.07, 6.45) is 3.41. The molecule has 154 valence electrons. The monoisotopic (exact) mass is 455 g/mol. The van der Waals surface area contributed by atoms with E-state index in [1.54, 1.807) is 12.1 Å². The summed E-state index contributed by atoms with van der Waals surface area (Å²) >= 11 is 12.2. The maximum Gasteiger partial charge on any atom is 0.257 e. The number of para-hydroxylation sites is 1. The van der Waals surface area contributed by atoms with Gasteiger partial charge in [-0.05, 0) is 37.1 Å². The molecule has 2 aromatic rings. The Morgan fingerprint density at radius 1 is 1.00 bits per heavy atom. The van der Waals surface area contributed by atoms with Gasteiger partial charge in [0.05, 0.1) is 26.9 Å². The number of amides is 2. The second kappa shape index (κ2) is 8.71. The minimum Gasteiger partial charge on any atom is -0.366 e. The fourth-order valence-corrected chi connectivity index (χ4v) is 5.40. The number of hydrogen-bond donors (Lipinski definition) is 3. The van der Waals surface area contributed by atoms with Gasteiger partial charge < -0.3 is 11.1 Å². The summed E-state index contributed by atoms with van der Waals surface area (Å²) in [6.45, 7) is 0. The van der Waals surface area contributed by atoms with Crippen molar-refractivity contribution in [3.63, 3.8) is 0 Å². The molecule has 29 heavy (non-hydrogen) atoms. The second-order valence-electron chi connectivity index (χ2n) is 6.73. The Labute approximate surface area is 178 Å². The molecule has 1 aliphatic rings. The summed E-state index contributed by atoms with van der Waals surface area (Å²) in [6, 6.07) is 8.36. The van der Waals surface area contributed by atoms with Crippen LogP contribution >= 0.6 is 23.2 Å². The molecule has 10 heteroatoms. The molecule has 0 saturated heterocycles. The van der Waals surface area contributed by atoms with Crippen LogP contribution in [0.4, 0.5) is 5.69 Å². The van der Waals surface area contributed by atoms with Crippen molar-refractivity contribution < 1.29 is 18.0 Å². The Hall–Kier alpha value is -2.13. The lowest BCUT2D eigenvalue weighted by atomic mass is 10.1. The van der Waals surface area contributed by atoms with Gasteiger partial charge in [0.1, 0.15) is 4.90 Å². The lowest BCUT2D eigenvalue weighted by Crippen LogP contribution is -2.33. The number of carbonyl (C=O) groups excluding carboxylic acids is 2. The third-order valence-corrected chi connectivity index (χ3v) is 6.97. The van der Waals surface area contributed by atoms with Crippen molar-refractivity contribution in [1.29, 1.82) is 0 Å². The summed E-state index contributed by atoms with van der Waals surface area (Å²) in [7, 11) is -3.94. The van der Waals surface area contributed by atoms with E-state index in [1.807, 2.05) is 0 Å². The number of halogens is 2. The zero-order valence-corrected chi connectivity index (χ0v) is 17.6. The van der Waals surface area contributed by atoms with Crippen molar-refractivity contribution in [2.24, 2.45) is 5.73 Å². The third kappa shape index (κ3) is 4.90. The van der Waals surface area contributed by atoms with Crippen LogP contribution in [0, 0.1) is 0 Å². The smallest absolute Gasteiger partial charge is 0.257 e. The predicted octanol–water partition coefficient (Wildman–Crippen LogP) is 3.57. The van der Waals surface area contributed by atoms with Crippen molar-refractivity contribution in [3.05, 3.63) is 57.6 Å². The first-order chi connectivity index (χ1) is 13.7. The molecule has 0 heterocycles. The first-order valence-corrected chi connectivity index (χ1v) is 11.1. The Morgan fingerprint density at radius 2 is 1.66 bits per heavy atom. The van der Waals surface area contributed by atoms with Gasteiger partial charge in [0.15, 0.2) is 0 Å². The van der Waals surface area contributed by atoms with Crippen molar-refractivity contribution in [1.82, 2.24) is 4.72 Å². The molecule has 0 radical (unpaired) electrons. The highest BCUT2D eigenvalue weighted by Gasteiger charge is 2.27. The largest absolute Gasteiger partial charge is 0.366 e. The molecule has 4 N–H and O–H groups in total. The quantitative estimate of drug-likeness (QED) is 0.616. The number of anilines is 1. The molecule has 2 amide bonds. The summed E-state index contributed by atoms with van der Waals surface area (Å²) in [5.74, 6) is -1.41. The molecule has 1 aliphatic carbocycles. The number of carbonyl (C=O) groups is 2. The Bertz CT molecular complexity index is 1070. The fraction of sp³-hybridized carbons (Fsp3) is 0.263. The zero-order chi connectivity index (χ0) is 21.2. The standard InChI is InChI=1S/C19H19Cl2N3O4S/c20-14-10-15(21)17(29(27,28)24-11-5-1-2-6-11)9-13(14)19(26)23-16-8-4-3-7-12(16)18(22)25/h3-4,7-11,24H,1-2,5-6H2,(H2,22,25)(H,23,26). The van der Waals surface area contributed by atoms with E-state index in [0.717, 1.165) is 31.7 Å². The molecular formula is C19H19Cl2N3O4S. The van der Waals surface area contributed by atoms with E-state index in [-0.39, 0.29) is 37.8 Å². The van der Waals surface area contributed by atoms with Crippen LogP contribution in [0.25, 0.3) is 0 Å². The van der Waals surface area contributed by atoms with E-state index >= 15 is 0 Å². The number of hydrogen-bond acceptors (Lipinski definition) is 4. The van der Waals surface area contributed by atoms with Gasteiger partial charge in [0.25, 0.3) is 11.8 Å². The molecule has 3 rings (SSSR count). The van der Waals surface area contributed by atoms with Crippen molar-refractivity contribution in [2.75, 3.05) is 5.32 Å². The topological polar surface area (TPSA) is 118 Å². The predicted molar refractivity (Wildman–Crippen MR) is 112 cm³/mol. The fourth-order valence-electron chi connectivity index (χ4n) is 3.23. The first kappa shape index (κ1) is 21.6. The lowest BCUT2D eigenvalue weighted by molar-refractivity contribution is 0.100. The molecule has 0 bridgehead atoms. The maximum absolute atomic E-state index is 12.8. The van der Waals surface area contributed by atoms with Crippen LogP contribution in [0.5, 0.6) is 0 Å². The van der Waals surface area contributed by atoms with E-state index in [9.17, 15) is 18.0 Å². The summed E-state index contributed by atoms with van der Waals surface area (Å²) < 4.78 is 28.2. The summed E-state index contributed by atoms with van der Waals surface area (Å²) in [5, 5.41) is 2.43. The minimum atomic E-state index is -3.94. The number of nitrogens with two attached hydrogens (primary N) is 1. The minimum absolute atomic E-state index is 0.0242. The third-order valence-electron chi connectivity index (χ3n) is 4.67. The summed E-state index contributed by atoms with van der Waals surface area (Å²) in [5.41, 5.74) is 5.52. The van der Waals surface area contributed by atoms with E-state index in [2.05, 4.69) is 10.0 Å². The SMILES string of the molecule is NC(=O)c1ccccc1NC(=O)c1cc(S(=O)(=O)NC2CCCC2)c(Cl)cc1Cl. The van der Waals surface area contributed by atoms with Crippen molar-refractivity contribution in [3.8, 4) is 0 Å². The van der Waals surface area contributed by atoms with Gasteiger partial charge in [-0.1, -0.05) is 48.2 Å². The Balaban J connectivity index is 1.93. The molecule has 7 nitrogen and oxygen atoms in total. The van der Waals surface area contributed by atoms with Gasteiger partial charge in [-0.2, -0.15) is 0 Å². The number of nitrogens with one attached hydrogen (secondary N) is 2. The van der Waals surface area contributed by atoms with Gasteiger partial charge in [0.2, 0.25) is 10.0 Å². The molecule has 0 aliphatic heterocycles. The van der Waals surface area contributed by atoms with Crippen LogP contribution in [-0.4, -0.2) is 26.3 Å². The highest BCUT2D eigenvalue weighted by molar-refractivity contribution is 7.89. The van der Waals surface area contributed by atoms with E-state index in [0.29, 0.717) is 0 Å². The highest BCUT2D eigenvalue weighted by Crippen LogP contribution is 2.30. The molecule has 1 fully saturated rings. The average Bonchev–Trinajstić information content (AvgIpc) is 3.13.